The van der Waals surface area contributed by atoms with Gasteiger partial charge >= 0.3 is 0 Å². The summed E-state index contributed by atoms with van der Waals surface area (Å²) in [6.45, 7) is 5.94. The molecule has 0 spiro atoms. The summed E-state index contributed by atoms with van der Waals surface area (Å²) in [5.41, 5.74) is 6.38. The van der Waals surface area contributed by atoms with Crippen LogP contribution >= 0.6 is 0 Å². The number of nitro groups is 1. The zero-order chi connectivity index (χ0) is 18.8. The number of anilines is 1. The molecule has 3 N–H and O–H groups in total. The Labute approximate surface area is 145 Å². The van der Waals surface area contributed by atoms with Crippen LogP contribution in [-0.2, 0) is 10.0 Å². The minimum Gasteiger partial charge on any atom is -0.272 e. The van der Waals surface area contributed by atoms with E-state index in [1.54, 1.807) is 6.21 Å². The van der Waals surface area contributed by atoms with Crippen molar-refractivity contribution in [2.24, 2.45) is 10.2 Å². The van der Waals surface area contributed by atoms with Gasteiger partial charge in [-0.3, -0.25) is 15.5 Å². The Kier molecular flexibility index (Phi) is 5.19. The summed E-state index contributed by atoms with van der Waals surface area (Å²) in [5.74, 6) is 0. The number of nitro benzene ring substituents is 1. The molecule has 0 unspecified atom stereocenters. The molecule has 0 aliphatic heterocycles. The van der Waals surface area contributed by atoms with Gasteiger partial charge in [0.2, 0.25) is 10.0 Å². The van der Waals surface area contributed by atoms with Crippen LogP contribution in [0.25, 0.3) is 0 Å². The van der Waals surface area contributed by atoms with Gasteiger partial charge < -0.3 is 0 Å². The highest BCUT2D eigenvalue weighted by molar-refractivity contribution is 7.89. The average Bonchev–Trinajstić information content (AvgIpc) is 2.51. The number of nitrogens with zero attached hydrogens (tertiary/aromatic N) is 2. The zero-order valence-electron chi connectivity index (χ0n) is 14.0. The monoisotopic (exact) mass is 362 g/mol. The second-order valence-corrected chi connectivity index (χ2v) is 7.21. The van der Waals surface area contributed by atoms with Gasteiger partial charge in [-0.2, -0.15) is 5.10 Å². The summed E-state index contributed by atoms with van der Waals surface area (Å²) in [5, 5.41) is 20.2. The van der Waals surface area contributed by atoms with E-state index in [1.807, 2.05) is 32.9 Å². The van der Waals surface area contributed by atoms with Crippen LogP contribution in [0, 0.1) is 30.9 Å². The van der Waals surface area contributed by atoms with E-state index in [1.165, 1.54) is 12.1 Å². The lowest BCUT2D eigenvalue weighted by Gasteiger charge is -2.06. The fourth-order valence-corrected chi connectivity index (χ4v) is 2.76. The molecule has 2 rings (SSSR count). The van der Waals surface area contributed by atoms with Gasteiger partial charge in [-0.15, -0.1) is 0 Å². The number of nitrogens with two attached hydrogens (primary N) is 1. The first-order chi connectivity index (χ1) is 11.6. The summed E-state index contributed by atoms with van der Waals surface area (Å²) >= 11 is 0. The molecule has 0 radical (unpaired) electrons. The number of rotatable bonds is 5. The van der Waals surface area contributed by atoms with E-state index in [0.717, 1.165) is 28.3 Å². The minimum absolute atomic E-state index is 0.0649. The molecule has 0 bridgehead atoms. The lowest BCUT2D eigenvalue weighted by atomic mass is 10.0. The van der Waals surface area contributed by atoms with Gasteiger partial charge in [0.15, 0.2) is 0 Å². The van der Waals surface area contributed by atoms with Crippen LogP contribution in [0.3, 0.4) is 0 Å². The van der Waals surface area contributed by atoms with E-state index < -0.39 is 20.6 Å². The van der Waals surface area contributed by atoms with Crippen LogP contribution in [0.4, 0.5) is 11.4 Å². The molecule has 0 atom stereocenters. The molecule has 9 heteroatoms. The van der Waals surface area contributed by atoms with Crippen molar-refractivity contribution < 1.29 is 13.3 Å². The van der Waals surface area contributed by atoms with Gasteiger partial charge in [0.05, 0.1) is 16.0 Å². The summed E-state index contributed by atoms with van der Waals surface area (Å²) in [6.07, 6.45) is 1.55. The van der Waals surface area contributed by atoms with Crippen LogP contribution < -0.4 is 10.6 Å². The Morgan fingerprint density at radius 3 is 2.36 bits per heavy atom. The Morgan fingerprint density at radius 2 is 1.76 bits per heavy atom. The number of aryl methyl sites for hydroxylation is 3. The molecule has 0 amide bonds. The number of hydrogen-bond acceptors (Lipinski definition) is 6. The van der Waals surface area contributed by atoms with Crippen LogP contribution in [0.15, 0.2) is 40.3 Å². The Bertz CT molecular complexity index is 968. The Balaban J connectivity index is 2.32. The first-order valence-electron chi connectivity index (χ1n) is 7.28. The number of benzene rings is 2. The van der Waals surface area contributed by atoms with E-state index in [-0.39, 0.29) is 10.6 Å². The molecule has 0 fully saturated rings. The van der Waals surface area contributed by atoms with Gasteiger partial charge in [0, 0.05) is 6.07 Å². The highest BCUT2D eigenvalue weighted by Gasteiger charge is 2.18. The smallest absolute Gasteiger partial charge is 0.272 e. The molecule has 8 nitrogen and oxygen atoms in total. The third-order valence-electron chi connectivity index (χ3n) is 3.77. The number of hydrogen-bond donors (Lipinski definition) is 2. The van der Waals surface area contributed by atoms with Gasteiger partial charge in [-0.25, -0.2) is 13.6 Å². The molecule has 0 saturated heterocycles. The van der Waals surface area contributed by atoms with E-state index in [0.29, 0.717) is 0 Å². The van der Waals surface area contributed by atoms with Gasteiger partial charge in [-0.1, -0.05) is 6.07 Å². The fraction of sp³-hybridized carbons (Fsp3) is 0.188. The number of primary sulfonamides is 1. The second-order valence-electron chi connectivity index (χ2n) is 5.64. The maximum atomic E-state index is 11.3. The van der Waals surface area contributed by atoms with E-state index in [2.05, 4.69) is 10.5 Å². The second kappa shape index (κ2) is 6.99. The number of sulfonamides is 1. The van der Waals surface area contributed by atoms with Crippen molar-refractivity contribution in [3.63, 3.8) is 0 Å². The quantitative estimate of drug-likeness (QED) is 0.480. The SMILES string of the molecule is Cc1cc(C)c(/C=N\Nc2ccc(S(N)(=O)=O)cc2[N+](=O)[O-])cc1C. The molecule has 2 aromatic rings. The van der Waals surface area contributed by atoms with Crippen molar-refractivity contribution in [3.8, 4) is 0 Å². The summed E-state index contributed by atoms with van der Waals surface area (Å²) < 4.78 is 22.6. The lowest BCUT2D eigenvalue weighted by Crippen LogP contribution is -2.12. The summed E-state index contributed by atoms with van der Waals surface area (Å²) in [6, 6.07) is 7.33. The standard InChI is InChI=1S/C16H18N4O4S/c1-10-6-12(3)13(7-11(10)2)9-18-19-15-5-4-14(25(17,23)24)8-16(15)20(21)22/h4-9,19H,1-3H3,(H2,17,23,24)/b18-9-. The van der Waals surface area contributed by atoms with Gasteiger partial charge in [0.25, 0.3) is 5.69 Å². The predicted octanol–water partition coefficient (Wildman–Crippen LogP) is 2.61. The van der Waals surface area contributed by atoms with Gasteiger partial charge in [0.1, 0.15) is 5.69 Å². The van der Waals surface area contributed by atoms with E-state index >= 15 is 0 Å². The zero-order valence-corrected chi connectivity index (χ0v) is 14.8. The van der Waals surface area contributed by atoms with Crippen molar-refractivity contribution in [1.82, 2.24) is 0 Å². The third kappa shape index (κ3) is 4.40. The van der Waals surface area contributed by atoms with Crippen molar-refractivity contribution in [2.45, 2.75) is 25.7 Å². The fourth-order valence-electron chi connectivity index (χ4n) is 2.23. The Morgan fingerprint density at radius 1 is 1.12 bits per heavy atom. The van der Waals surface area contributed by atoms with Crippen molar-refractivity contribution in [3.05, 3.63) is 62.7 Å². The molecule has 0 aliphatic rings. The highest BCUT2D eigenvalue weighted by Crippen LogP contribution is 2.27. The van der Waals surface area contributed by atoms with Crippen LogP contribution in [0.2, 0.25) is 0 Å². The van der Waals surface area contributed by atoms with Crippen LogP contribution in [0.5, 0.6) is 0 Å². The molecule has 0 heterocycles. The van der Waals surface area contributed by atoms with Crippen molar-refractivity contribution in [1.29, 1.82) is 0 Å². The summed E-state index contributed by atoms with van der Waals surface area (Å²) in [7, 11) is -4.02. The van der Waals surface area contributed by atoms with Crippen molar-refractivity contribution in [2.75, 3.05) is 5.43 Å². The lowest BCUT2D eigenvalue weighted by molar-refractivity contribution is -0.384. The highest BCUT2D eigenvalue weighted by atomic mass is 32.2. The average molecular weight is 362 g/mol. The molecule has 132 valence electrons. The Hall–Kier alpha value is -2.78. The van der Waals surface area contributed by atoms with Gasteiger partial charge in [-0.05, 0) is 61.2 Å². The van der Waals surface area contributed by atoms with Crippen molar-refractivity contribution >= 4 is 27.6 Å². The van der Waals surface area contributed by atoms with E-state index in [4.69, 9.17) is 5.14 Å². The molecular weight excluding hydrogens is 344 g/mol. The molecule has 25 heavy (non-hydrogen) atoms. The molecule has 2 aromatic carbocycles. The normalized spacial score (nSPS) is 11.7. The predicted molar refractivity (Wildman–Crippen MR) is 96.3 cm³/mol. The van der Waals surface area contributed by atoms with E-state index in [9.17, 15) is 18.5 Å². The molecule has 0 aliphatic carbocycles. The molecule has 0 aromatic heterocycles. The summed E-state index contributed by atoms with van der Waals surface area (Å²) in [4.78, 5) is 10.1. The minimum atomic E-state index is -4.02. The van der Waals surface area contributed by atoms with Crippen LogP contribution in [-0.4, -0.2) is 19.6 Å². The first kappa shape index (κ1) is 18.6. The topological polar surface area (TPSA) is 128 Å². The number of hydrazone groups is 1. The van der Waals surface area contributed by atoms with Crippen LogP contribution in [0.1, 0.15) is 22.3 Å². The first-order valence-corrected chi connectivity index (χ1v) is 8.82. The molecular formula is C16H18N4O4S. The third-order valence-corrected chi connectivity index (χ3v) is 4.68. The number of nitrogens with one attached hydrogen (secondary N) is 1. The maximum absolute atomic E-state index is 11.3. The maximum Gasteiger partial charge on any atom is 0.295 e. The molecule has 0 saturated carbocycles. The largest absolute Gasteiger partial charge is 0.295 e.